The molecule has 1 aliphatic carbocycles. The molecule has 1 fully saturated rings. The summed E-state index contributed by atoms with van der Waals surface area (Å²) in [5, 5.41) is 16.9. The number of carbonyl (C=O) groups is 2. The molecule has 0 spiro atoms. The van der Waals surface area contributed by atoms with Gasteiger partial charge >= 0.3 is 12.3 Å². The molecule has 6 nitrogen and oxygen atoms in total. The number of ether oxygens (including phenoxy) is 2. The smallest absolute Gasteiger partial charge is 0.450 e. The van der Waals surface area contributed by atoms with Crippen molar-refractivity contribution in [1.82, 2.24) is 0 Å². The van der Waals surface area contributed by atoms with E-state index in [1.165, 1.54) is 0 Å². The average Bonchev–Trinajstić information content (AvgIpc) is 2.08. The Labute approximate surface area is 86.8 Å². The highest BCUT2D eigenvalue weighted by atomic mass is 16.7. The summed E-state index contributed by atoms with van der Waals surface area (Å²) in [5.41, 5.74) is 0. The summed E-state index contributed by atoms with van der Waals surface area (Å²) in [6.07, 6.45) is -2.31. The highest BCUT2D eigenvalue weighted by Crippen LogP contribution is 2.28. The number of hydrogen-bond donors (Lipinski definition) is 2. The molecule has 3 atom stereocenters. The van der Waals surface area contributed by atoms with E-state index < -0.39 is 24.5 Å². The standard InChI is InChI=1S/C9H14O6/c1-5-2-3-6(14-8(10)11)7(4-5)15-9(12)13/h5-7H,2-4H2,1H3,(H,10,11)(H,12,13). The Balaban J connectivity index is 2.57. The Hall–Kier alpha value is -1.46. The molecule has 0 aromatic rings. The third kappa shape index (κ3) is 3.65. The van der Waals surface area contributed by atoms with Crippen molar-refractivity contribution >= 4 is 12.3 Å². The molecule has 0 aromatic heterocycles. The molecule has 86 valence electrons. The van der Waals surface area contributed by atoms with Crippen molar-refractivity contribution in [2.75, 3.05) is 0 Å². The van der Waals surface area contributed by atoms with Crippen LogP contribution in [0.4, 0.5) is 9.59 Å². The van der Waals surface area contributed by atoms with E-state index in [-0.39, 0.29) is 0 Å². The Morgan fingerprint density at radius 3 is 2.13 bits per heavy atom. The van der Waals surface area contributed by atoms with Crippen LogP contribution in [-0.2, 0) is 9.47 Å². The fraction of sp³-hybridized carbons (Fsp3) is 0.778. The Bertz CT molecular complexity index is 251. The van der Waals surface area contributed by atoms with E-state index in [0.717, 1.165) is 6.42 Å². The van der Waals surface area contributed by atoms with E-state index in [9.17, 15) is 9.59 Å². The molecule has 0 bridgehead atoms. The predicted molar refractivity (Wildman–Crippen MR) is 48.8 cm³/mol. The average molecular weight is 218 g/mol. The zero-order valence-electron chi connectivity index (χ0n) is 8.38. The van der Waals surface area contributed by atoms with Crippen LogP contribution in [0.5, 0.6) is 0 Å². The summed E-state index contributed by atoms with van der Waals surface area (Å²) in [7, 11) is 0. The van der Waals surface area contributed by atoms with Crippen molar-refractivity contribution in [1.29, 1.82) is 0 Å². The van der Waals surface area contributed by atoms with E-state index in [2.05, 4.69) is 9.47 Å². The van der Waals surface area contributed by atoms with Crippen molar-refractivity contribution in [2.24, 2.45) is 5.92 Å². The van der Waals surface area contributed by atoms with Crippen LogP contribution in [0.1, 0.15) is 26.2 Å². The first-order valence-corrected chi connectivity index (χ1v) is 4.78. The van der Waals surface area contributed by atoms with Gasteiger partial charge in [0.05, 0.1) is 0 Å². The summed E-state index contributed by atoms with van der Waals surface area (Å²) in [6, 6.07) is 0. The Morgan fingerprint density at radius 2 is 1.60 bits per heavy atom. The number of rotatable bonds is 2. The monoisotopic (exact) mass is 218 g/mol. The molecule has 0 radical (unpaired) electrons. The second kappa shape index (κ2) is 4.86. The van der Waals surface area contributed by atoms with E-state index >= 15 is 0 Å². The van der Waals surface area contributed by atoms with Gasteiger partial charge in [-0.05, 0) is 25.2 Å². The Kier molecular flexibility index (Phi) is 3.76. The lowest BCUT2D eigenvalue weighted by Gasteiger charge is -2.32. The van der Waals surface area contributed by atoms with Gasteiger partial charge in [0.2, 0.25) is 0 Å². The SMILES string of the molecule is CC1CCC(OC(=O)O)C(OC(=O)O)C1. The quantitative estimate of drug-likeness (QED) is 0.688. The minimum Gasteiger partial charge on any atom is -0.450 e. The molecular formula is C9H14O6. The molecule has 1 saturated carbocycles. The van der Waals surface area contributed by atoms with Crippen LogP contribution in [0, 0.1) is 5.92 Å². The zero-order chi connectivity index (χ0) is 11.4. The molecule has 1 aliphatic rings. The summed E-state index contributed by atoms with van der Waals surface area (Å²) in [5.74, 6) is 0.322. The molecule has 0 amide bonds. The minimum absolute atomic E-state index is 0.322. The van der Waals surface area contributed by atoms with Gasteiger partial charge in [-0.2, -0.15) is 0 Å². The molecule has 0 aliphatic heterocycles. The van der Waals surface area contributed by atoms with Crippen LogP contribution in [0.15, 0.2) is 0 Å². The molecule has 0 heterocycles. The highest BCUT2D eigenvalue weighted by Gasteiger charge is 2.34. The largest absolute Gasteiger partial charge is 0.506 e. The van der Waals surface area contributed by atoms with Gasteiger partial charge in [0.15, 0.2) is 0 Å². The maximum atomic E-state index is 10.4. The van der Waals surface area contributed by atoms with Gasteiger partial charge in [-0.25, -0.2) is 9.59 Å². The lowest BCUT2D eigenvalue weighted by Crippen LogP contribution is -2.39. The predicted octanol–water partition coefficient (Wildman–Crippen LogP) is 1.93. The first-order valence-electron chi connectivity index (χ1n) is 4.78. The highest BCUT2D eigenvalue weighted by molar-refractivity contribution is 5.58. The van der Waals surface area contributed by atoms with Crippen LogP contribution in [0.3, 0.4) is 0 Å². The zero-order valence-corrected chi connectivity index (χ0v) is 8.38. The van der Waals surface area contributed by atoms with Crippen molar-refractivity contribution in [2.45, 2.75) is 38.4 Å². The van der Waals surface area contributed by atoms with Gasteiger partial charge in [0.25, 0.3) is 0 Å². The minimum atomic E-state index is -1.40. The van der Waals surface area contributed by atoms with Crippen molar-refractivity contribution in [3.05, 3.63) is 0 Å². The normalized spacial score (nSPS) is 30.6. The topological polar surface area (TPSA) is 93.1 Å². The third-order valence-electron chi connectivity index (χ3n) is 2.50. The van der Waals surface area contributed by atoms with E-state index in [1.54, 1.807) is 0 Å². The van der Waals surface area contributed by atoms with Gasteiger partial charge < -0.3 is 19.7 Å². The molecule has 2 N–H and O–H groups in total. The second-order valence-electron chi connectivity index (χ2n) is 3.76. The lowest BCUT2D eigenvalue weighted by atomic mass is 9.86. The molecule has 1 rings (SSSR count). The second-order valence-corrected chi connectivity index (χ2v) is 3.76. The van der Waals surface area contributed by atoms with Crippen molar-refractivity contribution < 1.29 is 29.3 Å². The molecular weight excluding hydrogens is 204 g/mol. The first kappa shape index (κ1) is 11.6. The summed E-state index contributed by atoms with van der Waals surface area (Å²) in [4.78, 5) is 20.7. The van der Waals surface area contributed by atoms with Crippen LogP contribution in [-0.4, -0.2) is 34.7 Å². The summed E-state index contributed by atoms with van der Waals surface area (Å²) in [6.45, 7) is 1.97. The fourth-order valence-electron chi connectivity index (χ4n) is 1.82. The number of hydrogen-bond acceptors (Lipinski definition) is 4. The van der Waals surface area contributed by atoms with Crippen LogP contribution < -0.4 is 0 Å². The summed E-state index contributed by atoms with van der Waals surface area (Å²) >= 11 is 0. The molecule has 6 heteroatoms. The van der Waals surface area contributed by atoms with E-state index in [1.807, 2.05) is 6.92 Å². The van der Waals surface area contributed by atoms with Gasteiger partial charge in [0, 0.05) is 0 Å². The first-order chi connectivity index (χ1) is 6.99. The van der Waals surface area contributed by atoms with Gasteiger partial charge in [0.1, 0.15) is 12.2 Å². The van der Waals surface area contributed by atoms with Gasteiger partial charge in [-0.15, -0.1) is 0 Å². The molecule has 3 unspecified atom stereocenters. The maximum Gasteiger partial charge on any atom is 0.506 e. The Morgan fingerprint density at radius 1 is 1.07 bits per heavy atom. The summed E-state index contributed by atoms with van der Waals surface area (Å²) < 4.78 is 9.18. The molecule has 0 saturated heterocycles. The van der Waals surface area contributed by atoms with Gasteiger partial charge in [-0.1, -0.05) is 6.92 Å². The van der Waals surface area contributed by atoms with Gasteiger partial charge in [-0.3, -0.25) is 0 Å². The van der Waals surface area contributed by atoms with Crippen LogP contribution >= 0.6 is 0 Å². The van der Waals surface area contributed by atoms with Crippen LogP contribution in [0.2, 0.25) is 0 Å². The maximum absolute atomic E-state index is 10.4. The third-order valence-corrected chi connectivity index (χ3v) is 2.50. The van der Waals surface area contributed by atoms with Crippen molar-refractivity contribution in [3.63, 3.8) is 0 Å². The van der Waals surface area contributed by atoms with E-state index in [0.29, 0.717) is 18.8 Å². The van der Waals surface area contributed by atoms with Crippen LogP contribution in [0.25, 0.3) is 0 Å². The lowest BCUT2D eigenvalue weighted by molar-refractivity contribution is -0.0663. The fourth-order valence-corrected chi connectivity index (χ4v) is 1.82. The number of carboxylic acid groups (broad SMARTS) is 2. The van der Waals surface area contributed by atoms with Crippen molar-refractivity contribution in [3.8, 4) is 0 Å². The van der Waals surface area contributed by atoms with E-state index in [4.69, 9.17) is 10.2 Å². The molecule has 0 aromatic carbocycles. The molecule has 15 heavy (non-hydrogen) atoms.